The Balaban J connectivity index is 1.98. The summed E-state index contributed by atoms with van der Waals surface area (Å²) >= 11 is 0. The van der Waals surface area contributed by atoms with E-state index in [1.165, 1.54) is 7.11 Å². The fourth-order valence-electron chi connectivity index (χ4n) is 4.71. The van der Waals surface area contributed by atoms with E-state index in [1.54, 1.807) is 43.6 Å². The maximum atomic E-state index is 13.7. The highest BCUT2D eigenvalue weighted by Crippen LogP contribution is 2.45. The van der Waals surface area contributed by atoms with Crippen LogP contribution in [0.3, 0.4) is 0 Å². The molecule has 0 fully saturated rings. The zero-order chi connectivity index (χ0) is 24.7. The number of pyridine rings is 1. The zero-order valence-corrected chi connectivity index (χ0v) is 20.8. The van der Waals surface area contributed by atoms with Crippen molar-refractivity contribution >= 4 is 11.8 Å². The minimum absolute atomic E-state index is 0.130. The van der Waals surface area contributed by atoms with Crippen LogP contribution in [0.25, 0.3) is 0 Å². The summed E-state index contributed by atoms with van der Waals surface area (Å²) in [5.41, 5.74) is 1.88. The van der Waals surface area contributed by atoms with Crippen molar-refractivity contribution in [3.05, 3.63) is 53.3 Å². The molecule has 34 heavy (non-hydrogen) atoms. The molecule has 184 valence electrons. The van der Waals surface area contributed by atoms with Crippen molar-refractivity contribution < 1.29 is 19.1 Å². The number of carbonyl (C=O) groups excluding carboxylic acids is 2. The first-order valence-electron chi connectivity index (χ1n) is 11.9. The molecular weight excluding hydrogens is 432 g/mol. The van der Waals surface area contributed by atoms with Crippen LogP contribution in [-0.4, -0.2) is 74.0 Å². The normalized spacial score (nSPS) is 17.5. The molecule has 0 bridgehead atoms. The lowest BCUT2D eigenvalue weighted by molar-refractivity contribution is -0.124. The summed E-state index contributed by atoms with van der Waals surface area (Å²) in [6.07, 6.45) is 5.54. The number of benzene rings is 1. The van der Waals surface area contributed by atoms with Gasteiger partial charge in [-0.05, 0) is 55.3 Å². The van der Waals surface area contributed by atoms with Gasteiger partial charge < -0.3 is 24.6 Å². The van der Waals surface area contributed by atoms with E-state index < -0.39 is 12.0 Å². The standard InChI is InChI=1S/C26H36N4O4/c1-6-12-30(13-7-2)14-11-28-25(31)23-19-15-21(33-4)22(34-5)16-20(19)26(32)29(3)24(23)18-9-8-10-27-17-18/h8-10,15-17,23-24H,6-7,11-14H2,1-5H3,(H,28,31). The van der Waals surface area contributed by atoms with E-state index in [2.05, 4.69) is 29.0 Å². The van der Waals surface area contributed by atoms with Crippen LogP contribution in [-0.2, 0) is 4.79 Å². The Hall–Kier alpha value is -3.13. The van der Waals surface area contributed by atoms with Crippen molar-refractivity contribution in [3.63, 3.8) is 0 Å². The van der Waals surface area contributed by atoms with E-state index in [1.807, 2.05) is 12.1 Å². The smallest absolute Gasteiger partial charge is 0.254 e. The zero-order valence-electron chi connectivity index (χ0n) is 20.8. The van der Waals surface area contributed by atoms with Crippen LogP contribution >= 0.6 is 0 Å². The molecule has 1 aliphatic rings. The lowest BCUT2D eigenvalue weighted by Gasteiger charge is -2.40. The quantitative estimate of drug-likeness (QED) is 0.545. The van der Waals surface area contributed by atoms with Crippen LogP contribution in [0.15, 0.2) is 36.7 Å². The van der Waals surface area contributed by atoms with Gasteiger partial charge >= 0.3 is 0 Å². The van der Waals surface area contributed by atoms with Gasteiger partial charge in [-0.3, -0.25) is 14.6 Å². The third-order valence-electron chi connectivity index (χ3n) is 6.29. The van der Waals surface area contributed by atoms with Crippen LogP contribution in [0, 0.1) is 0 Å². The Morgan fingerprint density at radius 3 is 2.38 bits per heavy atom. The first-order valence-corrected chi connectivity index (χ1v) is 11.9. The molecule has 2 amide bonds. The summed E-state index contributed by atoms with van der Waals surface area (Å²) in [5.74, 6) is 0.0169. The van der Waals surface area contributed by atoms with Gasteiger partial charge in [0.05, 0.1) is 26.2 Å². The second-order valence-corrected chi connectivity index (χ2v) is 8.55. The topological polar surface area (TPSA) is 84.0 Å². The second kappa shape index (κ2) is 11.8. The number of hydrogen-bond acceptors (Lipinski definition) is 6. The molecule has 8 nitrogen and oxygen atoms in total. The first kappa shape index (κ1) is 25.5. The molecule has 3 rings (SSSR count). The molecule has 2 atom stereocenters. The SMILES string of the molecule is CCCN(CCC)CCNC(=O)C1c2cc(OC)c(OC)cc2C(=O)N(C)C1c1cccnc1. The summed E-state index contributed by atoms with van der Waals surface area (Å²) in [7, 11) is 4.80. The Morgan fingerprint density at radius 1 is 1.12 bits per heavy atom. The average Bonchev–Trinajstić information content (AvgIpc) is 2.85. The number of methoxy groups -OCH3 is 2. The molecule has 0 radical (unpaired) electrons. The Morgan fingerprint density at radius 2 is 1.79 bits per heavy atom. The number of nitrogens with zero attached hydrogens (tertiary/aromatic N) is 3. The van der Waals surface area contributed by atoms with Gasteiger partial charge in [-0.15, -0.1) is 0 Å². The summed E-state index contributed by atoms with van der Waals surface area (Å²) in [5, 5.41) is 3.13. The first-order chi connectivity index (χ1) is 16.5. The molecule has 2 unspecified atom stereocenters. The van der Waals surface area contributed by atoms with Gasteiger partial charge in [0.1, 0.15) is 0 Å². The molecule has 1 aromatic carbocycles. The molecule has 0 saturated heterocycles. The predicted molar refractivity (Wildman–Crippen MR) is 131 cm³/mol. The van der Waals surface area contributed by atoms with Crippen molar-refractivity contribution in [1.29, 1.82) is 0 Å². The van der Waals surface area contributed by atoms with Crippen LogP contribution < -0.4 is 14.8 Å². The van der Waals surface area contributed by atoms with E-state index in [4.69, 9.17) is 9.47 Å². The number of amides is 2. The molecule has 1 N–H and O–H groups in total. The van der Waals surface area contributed by atoms with Gasteiger partial charge in [0, 0.05) is 38.1 Å². The lowest BCUT2D eigenvalue weighted by Crippen LogP contribution is -2.46. The number of likely N-dealkylation sites (N-methyl/N-ethyl adjacent to an activating group) is 1. The Kier molecular flexibility index (Phi) is 8.87. The Labute approximate surface area is 202 Å². The van der Waals surface area contributed by atoms with E-state index in [9.17, 15) is 9.59 Å². The van der Waals surface area contributed by atoms with E-state index >= 15 is 0 Å². The van der Waals surface area contributed by atoms with Crippen molar-refractivity contribution in [3.8, 4) is 11.5 Å². The number of ether oxygens (including phenoxy) is 2. The van der Waals surface area contributed by atoms with Gasteiger partial charge in [-0.25, -0.2) is 0 Å². The van der Waals surface area contributed by atoms with Gasteiger partial charge in [-0.1, -0.05) is 19.9 Å². The molecular formula is C26H36N4O4. The number of fused-ring (bicyclic) bond motifs is 1. The lowest BCUT2D eigenvalue weighted by atomic mass is 9.79. The van der Waals surface area contributed by atoms with Crippen molar-refractivity contribution in [1.82, 2.24) is 20.1 Å². The highest BCUT2D eigenvalue weighted by molar-refractivity contribution is 6.02. The van der Waals surface area contributed by atoms with Crippen molar-refractivity contribution in [2.24, 2.45) is 0 Å². The molecule has 1 aliphatic heterocycles. The number of carbonyl (C=O) groups is 2. The fraction of sp³-hybridized carbons (Fsp3) is 0.500. The monoisotopic (exact) mass is 468 g/mol. The fourth-order valence-corrected chi connectivity index (χ4v) is 4.71. The number of hydrogen-bond donors (Lipinski definition) is 1. The summed E-state index contributed by atoms with van der Waals surface area (Å²) < 4.78 is 10.9. The van der Waals surface area contributed by atoms with E-state index in [-0.39, 0.29) is 11.8 Å². The molecule has 0 aliphatic carbocycles. The molecule has 8 heteroatoms. The van der Waals surface area contributed by atoms with E-state index in [0.29, 0.717) is 29.2 Å². The minimum Gasteiger partial charge on any atom is -0.493 e. The highest BCUT2D eigenvalue weighted by Gasteiger charge is 2.43. The van der Waals surface area contributed by atoms with Crippen LogP contribution in [0.4, 0.5) is 0 Å². The third kappa shape index (κ3) is 5.33. The summed E-state index contributed by atoms with van der Waals surface area (Å²) in [6.45, 7) is 7.64. The predicted octanol–water partition coefficient (Wildman–Crippen LogP) is 3.25. The molecule has 0 spiro atoms. The van der Waals surface area contributed by atoms with Crippen LogP contribution in [0.1, 0.15) is 60.1 Å². The molecule has 0 saturated carbocycles. The minimum atomic E-state index is -0.618. The van der Waals surface area contributed by atoms with Gasteiger partial charge in [-0.2, -0.15) is 0 Å². The maximum Gasteiger partial charge on any atom is 0.254 e. The maximum absolute atomic E-state index is 13.7. The summed E-state index contributed by atoms with van der Waals surface area (Å²) in [4.78, 5) is 35.3. The molecule has 2 heterocycles. The average molecular weight is 469 g/mol. The van der Waals surface area contributed by atoms with Crippen molar-refractivity contribution in [2.75, 3.05) is 47.4 Å². The van der Waals surface area contributed by atoms with E-state index in [0.717, 1.165) is 38.0 Å². The van der Waals surface area contributed by atoms with Gasteiger partial charge in [0.2, 0.25) is 5.91 Å². The summed E-state index contributed by atoms with van der Waals surface area (Å²) in [6, 6.07) is 6.65. The third-order valence-corrected chi connectivity index (χ3v) is 6.29. The Bertz CT molecular complexity index is 976. The largest absolute Gasteiger partial charge is 0.493 e. The van der Waals surface area contributed by atoms with Crippen LogP contribution in [0.5, 0.6) is 11.5 Å². The highest BCUT2D eigenvalue weighted by atomic mass is 16.5. The second-order valence-electron chi connectivity index (χ2n) is 8.55. The van der Waals surface area contributed by atoms with Gasteiger partial charge in [0.25, 0.3) is 5.91 Å². The van der Waals surface area contributed by atoms with Crippen LogP contribution in [0.2, 0.25) is 0 Å². The number of nitrogens with one attached hydrogen (secondary N) is 1. The molecule has 2 aromatic rings. The van der Waals surface area contributed by atoms with Gasteiger partial charge in [0.15, 0.2) is 11.5 Å². The molecule has 1 aromatic heterocycles. The van der Waals surface area contributed by atoms with Crippen molar-refractivity contribution in [2.45, 2.75) is 38.6 Å². The number of rotatable bonds is 11. The number of aromatic nitrogens is 1.